The molecule has 0 fully saturated rings. The third kappa shape index (κ3) is 4.99. The molecule has 0 spiro atoms. The van der Waals surface area contributed by atoms with E-state index in [0.29, 0.717) is 27.1 Å². The SMILES string of the molecule is CCOC(=O)c1c(NC(=O)c2ccc(COc3ccc(Cl)cc3)o2)sc(C)c1C. The summed E-state index contributed by atoms with van der Waals surface area (Å²) in [6, 6.07) is 10.2. The lowest BCUT2D eigenvalue weighted by atomic mass is 10.1. The summed E-state index contributed by atoms with van der Waals surface area (Å²) < 4.78 is 16.3. The van der Waals surface area contributed by atoms with E-state index >= 15 is 0 Å². The maximum Gasteiger partial charge on any atom is 0.341 e. The van der Waals surface area contributed by atoms with Gasteiger partial charge in [0, 0.05) is 9.90 Å². The number of carbonyl (C=O) groups excluding carboxylic acids is 2. The van der Waals surface area contributed by atoms with E-state index in [9.17, 15) is 9.59 Å². The number of hydrogen-bond donors (Lipinski definition) is 1. The molecule has 6 nitrogen and oxygen atoms in total. The van der Waals surface area contributed by atoms with Crippen LogP contribution < -0.4 is 10.1 Å². The van der Waals surface area contributed by atoms with Crippen LogP contribution in [0.2, 0.25) is 5.02 Å². The summed E-state index contributed by atoms with van der Waals surface area (Å²) in [5.74, 6) is 0.351. The van der Waals surface area contributed by atoms with Crippen molar-refractivity contribution in [3.8, 4) is 5.75 Å². The normalized spacial score (nSPS) is 10.6. The van der Waals surface area contributed by atoms with Crippen LogP contribution in [0.15, 0.2) is 40.8 Å². The second-order valence-corrected chi connectivity index (χ2v) is 7.83. The summed E-state index contributed by atoms with van der Waals surface area (Å²) in [5.41, 5.74) is 1.17. The molecule has 0 atom stereocenters. The van der Waals surface area contributed by atoms with Crippen LogP contribution in [0.3, 0.4) is 0 Å². The third-order valence-corrected chi connectivity index (χ3v) is 5.55. The van der Waals surface area contributed by atoms with Crippen LogP contribution in [0.1, 0.15) is 44.0 Å². The van der Waals surface area contributed by atoms with Gasteiger partial charge >= 0.3 is 5.97 Å². The highest BCUT2D eigenvalue weighted by Crippen LogP contribution is 2.33. The molecule has 0 saturated heterocycles. The Balaban J connectivity index is 1.68. The van der Waals surface area contributed by atoms with E-state index in [-0.39, 0.29) is 19.0 Å². The second-order valence-electron chi connectivity index (χ2n) is 6.17. The van der Waals surface area contributed by atoms with Crippen molar-refractivity contribution < 1.29 is 23.5 Å². The molecule has 152 valence electrons. The number of amides is 1. The highest BCUT2D eigenvalue weighted by atomic mass is 35.5. The van der Waals surface area contributed by atoms with Gasteiger partial charge in [0.15, 0.2) is 5.76 Å². The monoisotopic (exact) mass is 433 g/mol. The Hall–Kier alpha value is -2.77. The number of furan rings is 1. The number of thiophene rings is 1. The Morgan fingerprint density at radius 1 is 1.14 bits per heavy atom. The lowest BCUT2D eigenvalue weighted by Crippen LogP contribution is -2.14. The molecule has 29 heavy (non-hydrogen) atoms. The quantitative estimate of drug-likeness (QED) is 0.489. The highest BCUT2D eigenvalue weighted by Gasteiger charge is 2.23. The molecule has 0 aliphatic carbocycles. The first-order valence-corrected chi connectivity index (χ1v) is 10.1. The van der Waals surface area contributed by atoms with Crippen molar-refractivity contribution in [1.82, 2.24) is 0 Å². The molecule has 0 aliphatic heterocycles. The minimum Gasteiger partial charge on any atom is -0.486 e. The minimum absolute atomic E-state index is 0.123. The molecule has 3 aromatic rings. The van der Waals surface area contributed by atoms with Crippen LogP contribution in [0, 0.1) is 13.8 Å². The molecular weight excluding hydrogens is 414 g/mol. The molecule has 2 aromatic heterocycles. The molecule has 2 heterocycles. The predicted octanol–water partition coefficient (Wildman–Crippen LogP) is 5.62. The lowest BCUT2D eigenvalue weighted by Gasteiger charge is -2.06. The number of hydrogen-bond acceptors (Lipinski definition) is 6. The number of aryl methyl sites for hydroxylation is 1. The Labute approximate surface area is 177 Å². The number of rotatable bonds is 7. The van der Waals surface area contributed by atoms with Crippen LogP contribution in [0.4, 0.5) is 5.00 Å². The van der Waals surface area contributed by atoms with Crippen LogP contribution in [-0.4, -0.2) is 18.5 Å². The summed E-state index contributed by atoms with van der Waals surface area (Å²) >= 11 is 7.17. The van der Waals surface area contributed by atoms with E-state index in [0.717, 1.165) is 10.4 Å². The fourth-order valence-corrected chi connectivity index (χ4v) is 3.76. The zero-order chi connectivity index (χ0) is 21.0. The van der Waals surface area contributed by atoms with E-state index in [2.05, 4.69) is 5.32 Å². The van der Waals surface area contributed by atoms with Gasteiger partial charge in [-0.25, -0.2) is 4.79 Å². The number of carbonyl (C=O) groups is 2. The van der Waals surface area contributed by atoms with Crippen LogP contribution in [0.5, 0.6) is 5.75 Å². The maximum absolute atomic E-state index is 12.6. The molecule has 1 aromatic carbocycles. The van der Waals surface area contributed by atoms with Crippen LogP contribution >= 0.6 is 22.9 Å². The topological polar surface area (TPSA) is 77.8 Å². The number of ether oxygens (including phenoxy) is 2. The van der Waals surface area contributed by atoms with Crippen LogP contribution in [0.25, 0.3) is 0 Å². The number of anilines is 1. The van der Waals surface area contributed by atoms with Gasteiger partial charge in [0.1, 0.15) is 23.1 Å². The first-order chi connectivity index (χ1) is 13.9. The van der Waals surface area contributed by atoms with E-state index in [4.69, 9.17) is 25.5 Å². The zero-order valence-corrected chi connectivity index (χ0v) is 17.8. The van der Waals surface area contributed by atoms with E-state index in [1.807, 2.05) is 13.8 Å². The molecule has 0 radical (unpaired) electrons. The summed E-state index contributed by atoms with van der Waals surface area (Å²) in [6.45, 7) is 5.88. The Morgan fingerprint density at radius 2 is 1.86 bits per heavy atom. The van der Waals surface area contributed by atoms with E-state index < -0.39 is 11.9 Å². The number of halogens is 1. The lowest BCUT2D eigenvalue weighted by molar-refractivity contribution is 0.0527. The molecule has 1 amide bonds. The van der Waals surface area contributed by atoms with Crippen molar-refractivity contribution >= 4 is 39.8 Å². The van der Waals surface area contributed by atoms with Gasteiger partial charge in [-0.2, -0.15) is 0 Å². The number of nitrogens with one attached hydrogen (secondary N) is 1. The average Bonchev–Trinajstić information content (AvgIpc) is 3.26. The molecule has 0 saturated carbocycles. The molecule has 1 N–H and O–H groups in total. The van der Waals surface area contributed by atoms with Crippen LogP contribution in [-0.2, 0) is 11.3 Å². The van der Waals surface area contributed by atoms with Gasteiger partial charge in [0.05, 0.1) is 12.2 Å². The summed E-state index contributed by atoms with van der Waals surface area (Å²) in [4.78, 5) is 25.8. The van der Waals surface area contributed by atoms with Crippen molar-refractivity contribution in [2.45, 2.75) is 27.4 Å². The minimum atomic E-state index is -0.457. The third-order valence-electron chi connectivity index (χ3n) is 4.17. The van der Waals surface area contributed by atoms with E-state index in [1.165, 1.54) is 11.3 Å². The Kier molecular flexibility index (Phi) is 6.61. The summed E-state index contributed by atoms with van der Waals surface area (Å²) in [6.07, 6.45) is 0. The molecule has 0 unspecified atom stereocenters. The predicted molar refractivity (Wildman–Crippen MR) is 112 cm³/mol. The van der Waals surface area contributed by atoms with Crippen molar-refractivity contribution in [3.05, 3.63) is 68.9 Å². The molecule has 8 heteroatoms. The second kappa shape index (κ2) is 9.15. The first-order valence-electron chi connectivity index (χ1n) is 8.94. The van der Waals surface area contributed by atoms with Crippen molar-refractivity contribution in [3.63, 3.8) is 0 Å². The van der Waals surface area contributed by atoms with Gasteiger partial charge in [-0.15, -0.1) is 11.3 Å². The largest absolute Gasteiger partial charge is 0.486 e. The Morgan fingerprint density at radius 3 is 2.55 bits per heavy atom. The molecule has 0 bridgehead atoms. The van der Waals surface area contributed by atoms with Gasteiger partial charge in [-0.1, -0.05) is 11.6 Å². The summed E-state index contributed by atoms with van der Waals surface area (Å²) in [7, 11) is 0. The molecule has 0 aliphatic rings. The fourth-order valence-electron chi connectivity index (χ4n) is 2.59. The van der Waals surface area contributed by atoms with Gasteiger partial charge < -0.3 is 19.2 Å². The van der Waals surface area contributed by atoms with Gasteiger partial charge in [-0.3, -0.25) is 4.79 Å². The smallest absolute Gasteiger partial charge is 0.341 e. The van der Waals surface area contributed by atoms with E-state index in [1.54, 1.807) is 43.3 Å². The molecular formula is C21H20ClNO5S. The van der Waals surface area contributed by atoms with Crippen molar-refractivity contribution in [1.29, 1.82) is 0 Å². The molecule has 3 rings (SSSR count). The van der Waals surface area contributed by atoms with Gasteiger partial charge in [-0.05, 0) is 62.7 Å². The number of benzene rings is 1. The fraction of sp³-hybridized carbons (Fsp3) is 0.238. The standard InChI is InChI=1S/C21H20ClNO5S/c1-4-26-21(25)18-12(2)13(3)29-20(18)23-19(24)17-10-9-16(28-17)11-27-15-7-5-14(22)6-8-15/h5-10H,4,11H2,1-3H3,(H,23,24). The van der Waals surface area contributed by atoms with Crippen molar-refractivity contribution in [2.75, 3.05) is 11.9 Å². The number of esters is 1. The maximum atomic E-state index is 12.6. The van der Waals surface area contributed by atoms with Gasteiger partial charge in [0.2, 0.25) is 0 Å². The summed E-state index contributed by atoms with van der Waals surface area (Å²) in [5, 5.41) is 3.81. The first kappa shape index (κ1) is 21.0. The van der Waals surface area contributed by atoms with Gasteiger partial charge in [0.25, 0.3) is 5.91 Å². The zero-order valence-electron chi connectivity index (χ0n) is 16.2. The highest BCUT2D eigenvalue weighted by molar-refractivity contribution is 7.16. The Bertz CT molecular complexity index is 1020. The van der Waals surface area contributed by atoms with Crippen molar-refractivity contribution in [2.24, 2.45) is 0 Å². The average molecular weight is 434 g/mol.